The molecule has 0 aliphatic rings. The summed E-state index contributed by atoms with van der Waals surface area (Å²) in [5, 5.41) is 4.15. The van der Waals surface area contributed by atoms with Crippen LogP contribution in [0.1, 0.15) is 29.2 Å². The summed E-state index contributed by atoms with van der Waals surface area (Å²) in [6.45, 7) is 10.4. The molecule has 20 heavy (non-hydrogen) atoms. The van der Waals surface area contributed by atoms with Crippen molar-refractivity contribution in [3.63, 3.8) is 0 Å². The van der Waals surface area contributed by atoms with E-state index in [0.717, 1.165) is 23.7 Å². The van der Waals surface area contributed by atoms with E-state index in [9.17, 15) is 0 Å². The minimum Gasteiger partial charge on any atom is -0.313 e. The van der Waals surface area contributed by atoms with E-state index in [1.54, 1.807) is 0 Å². The third kappa shape index (κ3) is 3.23. The predicted molar refractivity (Wildman–Crippen MR) is 88.5 cm³/mol. The molecule has 0 saturated carbocycles. The Bertz CT molecular complexity index is 617. The standard InChI is InChI=1S/C18H22ClN/c1-5-20-11-15-6-7-16(18(19)10-15)17-9-13(3)12(2)8-14(17)4/h6-10,20H,5,11H2,1-4H3. The van der Waals surface area contributed by atoms with Crippen LogP contribution in [-0.2, 0) is 6.54 Å². The third-order valence-electron chi connectivity index (χ3n) is 3.74. The zero-order valence-electron chi connectivity index (χ0n) is 12.7. The molecule has 1 nitrogen and oxygen atoms in total. The van der Waals surface area contributed by atoms with Gasteiger partial charge in [-0.3, -0.25) is 0 Å². The van der Waals surface area contributed by atoms with Crippen LogP contribution in [-0.4, -0.2) is 6.54 Å². The zero-order chi connectivity index (χ0) is 14.7. The number of nitrogens with one attached hydrogen (secondary N) is 1. The van der Waals surface area contributed by atoms with Crippen LogP contribution in [0.3, 0.4) is 0 Å². The van der Waals surface area contributed by atoms with Crippen LogP contribution in [0.2, 0.25) is 5.02 Å². The summed E-state index contributed by atoms with van der Waals surface area (Å²) in [7, 11) is 0. The molecule has 2 aromatic rings. The highest BCUT2D eigenvalue weighted by Crippen LogP contribution is 2.32. The van der Waals surface area contributed by atoms with Crippen molar-refractivity contribution in [3.8, 4) is 11.1 Å². The van der Waals surface area contributed by atoms with Gasteiger partial charge in [0, 0.05) is 17.1 Å². The SMILES string of the molecule is CCNCc1ccc(-c2cc(C)c(C)cc2C)c(Cl)c1. The fraction of sp³-hybridized carbons (Fsp3) is 0.333. The number of hydrogen-bond donors (Lipinski definition) is 1. The summed E-state index contributed by atoms with van der Waals surface area (Å²) in [5.74, 6) is 0. The van der Waals surface area contributed by atoms with Crippen LogP contribution in [0.15, 0.2) is 30.3 Å². The summed E-state index contributed by atoms with van der Waals surface area (Å²) in [6.07, 6.45) is 0. The Hall–Kier alpha value is -1.31. The molecule has 0 aliphatic heterocycles. The van der Waals surface area contributed by atoms with Gasteiger partial charge in [-0.1, -0.05) is 42.8 Å². The van der Waals surface area contributed by atoms with Crippen molar-refractivity contribution in [3.05, 3.63) is 57.6 Å². The van der Waals surface area contributed by atoms with E-state index in [1.165, 1.54) is 27.8 Å². The van der Waals surface area contributed by atoms with Crippen molar-refractivity contribution in [2.75, 3.05) is 6.54 Å². The molecular formula is C18H22ClN. The number of benzene rings is 2. The highest BCUT2D eigenvalue weighted by Gasteiger charge is 2.09. The molecule has 106 valence electrons. The van der Waals surface area contributed by atoms with Gasteiger partial charge in [-0.05, 0) is 61.2 Å². The Labute approximate surface area is 127 Å². The monoisotopic (exact) mass is 287 g/mol. The predicted octanol–water partition coefficient (Wildman–Crippen LogP) is 5.04. The van der Waals surface area contributed by atoms with Crippen molar-refractivity contribution in [1.29, 1.82) is 0 Å². The molecule has 0 heterocycles. The van der Waals surface area contributed by atoms with E-state index in [4.69, 9.17) is 11.6 Å². The Morgan fingerprint density at radius 2 is 1.60 bits per heavy atom. The molecule has 2 heteroatoms. The lowest BCUT2D eigenvalue weighted by Crippen LogP contribution is -2.11. The van der Waals surface area contributed by atoms with Crippen molar-refractivity contribution in [1.82, 2.24) is 5.32 Å². The summed E-state index contributed by atoms with van der Waals surface area (Å²) in [5.41, 5.74) is 7.47. The molecule has 0 fully saturated rings. The van der Waals surface area contributed by atoms with Crippen LogP contribution >= 0.6 is 11.6 Å². The van der Waals surface area contributed by atoms with E-state index in [-0.39, 0.29) is 0 Å². The van der Waals surface area contributed by atoms with Gasteiger partial charge in [0.1, 0.15) is 0 Å². The van der Waals surface area contributed by atoms with Gasteiger partial charge in [-0.15, -0.1) is 0 Å². The van der Waals surface area contributed by atoms with E-state index >= 15 is 0 Å². The van der Waals surface area contributed by atoms with E-state index in [2.05, 4.69) is 63.3 Å². The molecule has 0 aliphatic carbocycles. The first-order chi connectivity index (χ1) is 9.52. The molecule has 0 radical (unpaired) electrons. The summed E-state index contributed by atoms with van der Waals surface area (Å²) < 4.78 is 0. The largest absolute Gasteiger partial charge is 0.313 e. The van der Waals surface area contributed by atoms with Crippen LogP contribution in [0, 0.1) is 20.8 Å². The molecule has 0 saturated heterocycles. The smallest absolute Gasteiger partial charge is 0.0487 e. The minimum absolute atomic E-state index is 0.826. The first kappa shape index (κ1) is 15.1. The topological polar surface area (TPSA) is 12.0 Å². The lowest BCUT2D eigenvalue weighted by atomic mass is 9.95. The van der Waals surface area contributed by atoms with Gasteiger partial charge in [-0.25, -0.2) is 0 Å². The molecule has 1 N–H and O–H groups in total. The fourth-order valence-electron chi connectivity index (χ4n) is 2.41. The first-order valence-electron chi connectivity index (χ1n) is 7.10. The van der Waals surface area contributed by atoms with Gasteiger partial charge >= 0.3 is 0 Å². The summed E-state index contributed by atoms with van der Waals surface area (Å²) in [6, 6.07) is 10.8. The number of halogens is 1. The highest BCUT2D eigenvalue weighted by molar-refractivity contribution is 6.33. The summed E-state index contributed by atoms with van der Waals surface area (Å²) >= 11 is 6.48. The van der Waals surface area contributed by atoms with Crippen LogP contribution in [0.5, 0.6) is 0 Å². The number of aryl methyl sites for hydroxylation is 3. The Kier molecular flexibility index (Phi) is 4.85. The van der Waals surface area contributed by atoms with Crippen molar-refractivity contribution < 1.29 is 0 Å². The number of rotatable bonds is 4. The van der Waals surface area contributed by atoms with E-state index in [1.807, 2.05) is 0 Å². The quantitative estimate of drug-likeness (QED) is 0.830. The first-order valence-corrected chi connectivity index (χ1v) is 7.48. The maximum absolute atomic E-state index is 6.48. The van der Waals surface area contributed by atoms with E-state index in [0.29, 0.717) is 0 Å². The van der Waals surface area contributed by atoms with Crippen molar-refractivity contribution >= 4 is 11.6 Å². The molecular weight excluding hydrogens is 266 g/mol. The Balaban J connectivity index is 2.41. The number of hydrogen-bond acceptors (Lipinski definition) is 1. The van der Waals surface area contributed by atoms with E-state index < -0.39 is 0 Å². The molecule has 0 amide bonds. The van der Waals surface area contributed by atoms with Crippen LogP contribution in [0.25, 0.3) is 11.1 Å². The Morgan fingerprint density at radius 1 is 0.900 bits per heavy atom. The molecule has 0 bridgehead atoms. The molecule has 2 aromatic carbocycles. The molecule has 0 atom stereocenters. The average Bonchev–Trinajstić information content (AvgIpc) is 2.41. The average molecular weight is 288 g/mol. The fourth-order valence-corrected chi connectivity index (χ4v) is 2.71. The van der Waals surface area contributed by atoms with Gasteiger partial charge in [0.05, 0.1) is 0 Å². The van der Waals surface area contributed by atoms with Crippen LogP contribution < -0.4 is 5.32 Å². The second-order valence-electron chi connectivity index (χ2n) is 5.35. The minimum atomic E-state index is 0.826. The maximum Gasteiger partial charge on any atom is 0.0487 e. The Morgan fingerprint density at radius 3 is 2.25 bits per heavy atom. The molecule has 0 spiro atoms. The second kappa shape index (κ2) is 6.43. The normalized spacial score (nSPS) is 10.8. The summed E-state index contributed by atoms with van der Waals surface area (Å²) in [4.78, 5) is 0. The molecule has 0 aromatic heterocycles. The molecule has 0 unspecified atom stereocenters. The van der Waals surface area contributed by atoms with Crippen LogP contribution in [0.4, 0.5) is 0 Å². The van der Waals surface area contributed by atoms with Gasteiger partial charge in [-0.2, -0.15) is 0 Å². The van der Waals surface area contributed by atoms with Gasteiger partial charge in [0.2, 0.25) is 0 Å². The third-order valence-corrected chi connectivity index (χ3v) is 4.06. The van der Waals surface area contributed by atoms with Crippen molar-refractivity contribution in [2.24, 2.45) is 0 Å². The van der Waals surface area contributed by atoms with Gasteiger partial charge in [0.25, 0.3) is 0 Å². The second-order valence-corrected chi connectivity index (χ2v) is 5.75. The lowest BCUT2D eigenvalue weighted by Gasteiger charge is -2.13. The molecule has 2 rings (SSSR count). The van der Waals surface area contributed by atoms with Crippen molar-refractivity contribution in [2.45, 2.75) is 34.2 Å². The van der Waals surface area contributed by atoms with Gasteiger partial charge < -0.3 is 5.32 Å². The van der Waals surface area contributed by atoms with Gasteiger partial charge in [0.15, 0.2) is 0 Å². The lowest BCUT2D eigenvalue weighted by molar-refractivity contribution is 0.727. The highest BCUT2D eigenvalue weighted by atomic mass is 35.5. The zero-order valence-corrected chi connectivity index (χ0v) is 13.4. The maximum atomic E-state index is 6.48.